The third kappa shape index (κ3) is 5.05. The molecule has 0 aliphatic carbocycles. The molecule has 0 saturated carbocycles. The largest absolute Gasteiger partial charge is 0.494 e. The lowest BCUT2D eigenvalue weighted by molar-refractivity contribution is -0.565. The highest BCUT2D eigenvalue weighted by atomic mass is 32.2. The quantitative estimate of drug-likeness (QED) is 0.132. The first-order valence-corrected chi connectivity index (χ1v) is 17.2. The summed E-state index contributed by atoms with van der Waals surface area (Å²) in [4.78, 5) is 3.52. The molecule has 230 valence electrons. The van der Waals surface area contributed by atoms with E-state index in [1.165, 1.54) is 42.3 Å². The van der Waals surface area contributed by atoms with Gasteiger partial charge in [-0.15, -0.1) is 4.57 Å². The third-order valence-corrected chi connectivity index (χ3v) is 11.1. The highest BCUT2D eigenvalue weighted by molar-refractivity contribution is 8.04. The van der Waals surface area contributed by atoms with Crippen molar-refractivity contribution in [3.8, 4) is 5.69 Å². The molecule has 0 atom stereocenters. The van der Waals surface area contributed by atoms with Crippen LogP contribution >= 0.6 is 23.1 Å². The van der Waals surface area contributed by atoms with Gasteiger partial charge in [-0.25, -0.2) is 0 Å². The summed E-state index contributed by atoms with van der Waals surface area (Å²) in [5.41, 5.74) is 6.87. The SMILES string of the molecule is COC(=CC(OC)=C1Sc2c(ccc3ccccc23)N1c1ccc(C)cc1)c1sc2c3ccccc3ccc2[n+]1-c1ccc(C)cc1. The molecule has 8 rings (SSSR count). The average molecular weight is 650 g/mol. The Morgan fingerprint density at radius 1 is 0.681 bits per heavy atom. The number of thioether (sulfide) groups is 1. The number of hydrogen-bond donors (Lipinski definition) is 0. The molecular weight excluding hydrogens is 617 g/mol. The molecule has 0 unspecified atom stereocenters. The van der Waals surface area contributed by atoms with Crippen LogP contribution in [0.2, 0.25) is 0 Å². The summed E-state index contributed by atoms with van der Waals surface area (Å²) >= 11 is 3.48. The lowest BCUT2D eigenvalue weighted by atomic mass is 10.1. The third-order valence-electron chi connectivity index (χ3n) is 8.71. The van der Waals surface area contributed by atoms with Gasteiger partial charge >= 0.3 is 5.01 Å². The summed E-state index contributed by atoms with van der Waals surface area (Å²) in [6, 6.07) is 43.3. The zero-order chi connectivity index (χ0) is 32.1. The second kappa shape index (κ2) is 12.0. The fraction of sp³-hybridized carbons (Fsp3) is 0.0976. The van der Waals surface area contributed by atoms with Gasteiger partial charge in [0.2, 0.25) is 17.0 Å². The van der Waals surface area contributed by atoms with Crippen molar-refractivity contribution < 1.29 is 14.0 Å². The van der Waals surface area contributed by atoms with Gasteiger partial charge in [0, 0.05) is 40.2 Å². The topological polar surface area (TPSA) is 25.6 Å². The Morgan fingerprint density at radius 2 is 1.32 bits per heavy atom. The summed E-state index contributed by atoms with van der Waals surface area (Å²) in [7, 11) is 3.49. The minimum atomic E-state index is 0.727. The Bertz CT molecular complexity index is 2370. The van der Waals surface area contributed by atoms with Crippen LogP contribution in [0.4, 0.5) is 11.4 Å². The van der Waals surface area contributed by atoms with E-state index in [1.807, 2.05) is 0 Å². The predicted molar refractivity (Wildman–Crippen MR) is 198 cm³/mol. The molecule has 0 bridgehead atoms. The van der Waals surface area contributed by atoms with E-state index < -0.39 is 0 Å². The Labute approximate surface area is 282 Å². The summed E-state index contributed by atoms with van der Waals surface area (Å²) in [6.07, 6.45) is 2.05. The van der Waals surface area contributed by atoms with Crippen LogP contribution in [-0.4, -0.2) is 14.2 Å². The van der Waals surface area contributed by atoms with E-state index in [1.54, 1.807) is 37.3 Å². The number of benzene rings is 6. The van der Waals surface area contributed by atoms with Crippen LogP contribution < -0.4 is 9.47 Å². The van der Waals surface area contributed by atoms with E-state index in [2.05, 4.69) is 151 Å². The van der Waals surface area contributed by atoms with Crippen molar-refractivity contribution in [3.63, 3.8) is 0 Å². The molecule has 0 N–H and O–H groups in total. The van der Waals surface area contributed by atoms with Crippen molar-refractivity contribution in [2.75, 3.05) is 19.1 Å². The van der Waals surface area contributed by atoms with Gasteiger partial charge in [0.25, 0.3) is 0 Å². The lowest BCUT2D eigenvalue weighted by Crippen LogP contribution is -2.33. The summed E-state index contributed by atoms with van der Waals surface area (Å²) in [6.45, 7) is 4.23. The van der Waals surface area contributed by atoms with Crippen molar-refractivity contribution >= 4 is 72.0 Å². The number of thiazole rings is 1. The second-order valence-electron chi connectivity index (χ2n) is 11.7. The minimum Gasteiger partial charge on any atom is -0.494 e. The van der Waals surface area contributed by atoms with Crippen molar-refractivity contribution in [2.45, 2.75) is 18.7 Å². The molecule has 7 aromatic rings. The van der Waals surface area contributed by atoms with E-state index in [9.17, 15) is 0 Å². The zero-order valence-corrected chi connectivity index (χ0v) is 28.3. The van der Waals surface area contributed by atoms with Crippen LogP contribution in [0.5, 0.6) is 0 Å². The van der Waals surface area contributed by atoms with Crippen molar-refractivity contribution in [1.29, 1.82) is 0 Å². The average Bonchev–Trinajstić information content (AvgIpc) is 3.69. The van der Waals surface area contributed by atoms with Gasteiger partial charge in [0.1, 0.15) is 9.73 Å². The van der Waals surface area contributed by atoms with Crippen molar-refractivity contribution in [1.82, 2.24) is 0 Å². The van der Waals surface area contributed by atoms with E-state index in [0.717, 1.165) is 44.1 Å². The summed E-state index contributed by atoms with van der Waals surface area (Å²) in [5, 5.41) is 6.86. The smallest absolute Gasteiger partial charge is 0.311 e. The Kier molecular flexibility index (Phi) is 7.47. The number of aryl methyl sites for hydroxylation is 2. The van der Waals surface area contributed by atoms with Crippen LogP contribution in [0.3, 0.4) is 0 Å². The molecule has 0 amide bonds. The molecule has 0 spiro atoms. The van der Waals surface area contributed by atoms with Gasteiger partial charge in [-0.2, -0.15) is 0 Å². The molecule has 6 heteroatoms. The molecule has 4 nitrogen and oxygen atoms in total. The Morgan fingerprint density at radius 3 is 2.02 bits per heavy atom. The van der Waals surface area contributed by atoms with E-state index >= 15 is 0 Å². The monoisotopic (exact) mass is 649 g/mol. The molecule has 2 heterocycles. The molecule has 0 fully saturated rings. The van der Waals surface area contributed by atoms with Gasteiger partial charge in [0.15, 0.2) is 5.76 Å². The van der Waals surface area contributed by atoms with Crippen molar-refractivity contribution in [3.05, 3.63) is 154 Å². The fourth-order valence-electron chi connectivity index (χ4n) is 6.29. The van der Waals surface area contributed by atoms with Crippen LogP contribution in [0, 0.1) is 13.8 Å². The van der Waals surface area contributed by atoms with Gasteiger partial charge in [-0.1, -0.05) is 113 Å². The lowest BCUT2D eigenvalue weighted by Gasteiger charge is -2.22. The van der Waals surface area contributed by atoms with Gasteiger partial charge in [-0.3, -0.25) is 0 Å². The molecule has 0 saturated heterocycles. The van der Waals surface area contributed by atoms with Crippen molar-refractivity contribution in [2.24, 2.45) is 0 Å². The van der Waals surface area contributed by atoms with Crippen LogP contribution in [-0.2, 0) is 9.47 Å². The first-order chi connectivity index (χ1) is 23.0. The molecule has 1 aromatic heterocycles. The number of fused-ring (bicyclic) bond motifs is 6. The normalized spacial score (nSPS) is 14.2. The van der Waals surface area contributed by atoms with Crippen LogP contribution in [0.1, 0.15) is 16.1 Å². The summed E-state index contributed by atoms with van der Waals surface area (Å²) < 4.78 is 16.1. The number of hydrogen-bond acceptors (Lipinski definition) is 5. The molecule has 6 aromatic carbocycles. The highest BCUT2D eigenvalue weighted by Crippen LogP contribution is 2.54. The second-order valence-corrected chi connectivity index (χ2v) is 13.7. The van der Waals surface area contributed by atoms with Crippen LogP contribution in [0.25, 0.3) is 43.2 Å². The molecule has 0 radical (unpaired) electrons. The van der Waals surface area contributed by atoms with Gasteiger partial charge in [0.05, 0.1) is 19.9 Å². The fourth-order valence-corrected chi connectivity index (χ4v) is 8.87. The maximum atomic E-state index is 6.27. The molecule has 47 heavy (non-hydrogen) atoms. The maximum absolute atomic E-state index is 6.27. The first kappa shape index (κ1) is 29.4. The van der Waals surface area contributed by atoms with E-state index in [0.29, 0.717) is 0 Å². The number of rotatable bonds is 6. The molecule has 1 aliphatic rings. The number of ether oxygens (including phenoxy) is 2. The Balaban J connectivity index is 1.37. The van der Waals surface area contributed by atoms with Gasteiger partial charge < -0.3 is 14.4 Å². The van der Waals surface area contributed by atoms with Crippen LogP contribution in [0.15, 0.2) is 143 Å². The zero-order valence-electron chi connectivity index (χ0n) is 26.7. The van der Waals surface area contributed by atoms with E-state index in [-0.39, 0.29) is 0 Å². The molecule has 1 aliphatic heterocycles. The Hall–Kier alpha value is -5.04. The number of nitrogens with zero attached hydrogens (tertiary/aromatic N) is 2. The minimum absolute atomic E-state index is 0.727. The number of anilines is 2. The number of allylic oxidation sites excluding steroid dienone is 1. The van der Waals surface area contributed by atoms with E-state index in [4.69, 9.17) is 9.47 Å². The molecular formula is C41H33N2O2S2+. The number of methoxy groups -OCH3 is 2. The standard InChI is InChI=1S/C41H33N2O2S2/c1-26-13-19-30(20-14-26)42-34-23-17-28-9-5-7-11-32(28)38(34)46-40(42)36(44-3)25-37(45-4)41-43(31-21-15-27(2)16-22-31)35-24-18-29-10-6-8-12-33(29)39(35)47-41/h5-25H,1-4H3/q+1. The summed E-state index contributed by atoms with van der Waals surface area (Å²) in [5.74, 6) is 1.45. The first-order valence-electron chi connectivity index (χ1n) is 15.6. The highest BCUT2D eigenvalue weighted by Gasteiger charge is 2.33. The number of aromatic nitrogens is 1. The maximum Gasteiger partial charge on any atom is 0.311 e. The van der Waals surface area contributed by atoms with Gasteiger partial charge in [-0.05, 0) is 54.3 Å². The predicted octanol–water partition coefficient (Wildman–Crippen LogP) is 10.8.